The minimum Gasteiger partial charge on any atom is -0.337 e. The number of nitrogens with zero attached hydrogens (tertiary/aromatic N) is 4. The molecule has 2 atom stereocenters. The third-order valence-electron chi connectivity index (χ3n) is 7.79. The van der Waals surface area contributed by atoms with Crippen molar-refractivity contribution >= 4 is 17.2 Å². The van der Waals surface area contributed by atoms with E-state index in [-0.39, 0.29) is 17.5 Å². The maximum atomic E-state index is 5.25. The molecule has 0 aliphatic carbocycles. The van der Waals surface area contributed by atoms with Crippen molar-refractivity contribution < 1.29 is 0 Å². The fourth-order valence-corrected chi connectivity index (χ4v) is 6.20. The molecule has 2 aromatic carbocycles. The van der Waals surface area contributed by atoms with Gasteiger partial charge in [-0.1, -0.05) is 84.0 Å². The van der Waals surface area contributed by atoms with Crippen LogP contribution in [0.15, 0.2) is 61.3 Å². The Kier molecular flexibility index (Phi) is 5.31. The summed E-state index contributed by atoms with van der Waals surface area (Å²) in [7, 11) is 2.17. The SMILES string of the molecule is C=CC1c2ccccc2N2c3cnc(-c4c(C(C)C)cccc4C(C)C)nc3N(C)C2C1(C)C. The van der Waals surface area contributed by atoms with Gasteiger partial charge < -0.3 is 9.80 Å². The van der Waals surface area contributed by atoms with Crippen LogP contribution in [0.4, 0.5) is 17.2 Å². The van der Waals surface area contributed by atoms with Gasteiger partial charge in [0.05, 0.1) is 6.20 Å². The summed E-state index contributed by atoms with van der Waals surface area (Å²) in [6.07, 6.45) is 4.28. The molecule has 0 spiro atoms. The molecule has 2 unspecified atom stereocenters. The molecule has 0 saturated heterocycles. The maximum Gasteiger partial charge on any atom is 0.162 e. The fourth-order valence-electron chi connectivity index (χ4n) is 6.20. The number of allylic oxidation sites excluding steroid dienone is 1. The van der Waals surface area contributed by atoms with Gasteiger partial charge in [-0.25, -0.2) is 9.97 Å². The highest BCUT2D eigenvalue weighted by atomic mass is 15.5. The van der Waals surface area contributed by atoms with E-state index in [0.717, 1.165) is 17.3 Å². The first-order valence-corrected chi connectivity index (χ1v) is 12.4. The van der Waals surface area contributed by atoms with Crippen LogP contribution in [0.25, 0.3) is 11.4 Å². The molecule has 0 fully saturated rings. The first kappa shape index (κ1) is 22.6. The van der Waals surface area contributed by atoms with Gasteiger partial charge in [0.2, 0.25) is 0 Å². The Morgan fingerprint density at radius 3 is 2.21 bits per heavy atom. The van der Waals surface area contributed by atoms with Gasteiger partial charge in [0.15, 0.2) is 11.6 Å². The van der Waals surface area contributed by atoms with Crippen LogP contribution in [0.1, 0.15) is 76.0 Å². The van der Waals surface area contributed by atoms with E-state index in [1.165, 1.54) is 27.9 Å². The Morgan fingerprint density at radius 1 is 0.941 bits per heavy atom. The summed E-state index contributed by atoms with van der Waals surface area (Å²) in [5.74, 6) is 2.87. The quantitative estimate of drug-likeness (QED) is 0.381. The predicted molar refractivity (Wildman–Crippen MR) is 143 cm³/mol. The van der Waals surface area contributed by atoms with Crippen molar-refractivity contribution in [3.05, 3.63) is 78.0 Å². The van der Waals surface area contributed by atoms with Gasteiger partial charge in [0.1, 0.15) is 11.9 Å². The number of rotatable bonds is 4. The molecule has 4 nitrogen and oxygen atoms in total. The van der Waals surface area contributed by atoms with E-state index in [9.17, 15) is 0 Å². The van der Waals surface area contributed by atoms with Crippen molar-refractivity contribution in [2.24, 2.45) is 5.41 Å². The van der Waals surface area contributed by atoms with E-state index in [1.807, 2.05) is 6.20 Å². The summed E-state index contributed by atoms with van der Waals surface area (Å²) in [6, 6.07) is 15.3. The van der Waals surface area contributed by atoms with Crippen LogP contribution in [-0.4, -0.2) is 23.2 Å². The van der Waals surface area contributed by atoms with Gasteiger partial charge in [-0.05, 0) is 34.6 Å². The highest BCUT2D eigenvalue weighted by Crippen LogP contribution is 2.58. The van der Waals surface area contributed by atoms with Gasteiger partial charge >= 0.3 is 0 Å². The van der Waals surface area contributed by atoms with Gasteiger partial charge in [0.25, 0.3) is 0 Å². The van der Waals surface area contributed by atoms with Crippen LogP contribution in [0.2, 0.25) is 0 Å². The van der Waals surface area contributed by atoms with E-state index < -0.39 is 0 Å². The molecule has 0 radical (unpaired) electrons. The molecule has 3 heterocycles. The molecule has 4 heteroatoms. The largest absolute Gasteiger partial charge is 0.337 e. The second kappa shape index (κ2) is 7.97. The van der Waals surface area contributed by atoms with Crippen LogP contribution < -0.4 is 9.80 Å². The average molecular weight is 453 g/mol. The molecule has 2 aliphatic heterocycles. The average Bonchev–Trinajstić information content (AvgIpc) is 3.11. The Balaban J connectivity index is 1.72. The van der Waals surface area contributed by atoms with E-state index in [0.29, 0.717) is 11.8 Å². The summed E-state index contributed by atoms with van der Waals surface area (Å²) < 4.78 is 0. The van der Waals surface area contributed by atoms with Crippen molar-refractivity contribution in [1.82, 2.24) is 9.97 Å². The van der Waals surface area contributed by atoms with Crippen molar-refractivity contribution in [2.75, 3.05) is 16.8 Å². The van der Waals surface area contributed by atoms with E-state index >= 15 is 0 Å². The highest BCUT2D eigenvalue weighted by Gasteiger charge is 2.52. The maximum absolute atomic E-state index is 5.25. The molecule has 0 saturated carbocycles. The van der Waals surface area contributed by atoms with Crippen LogP contribution in [-0.2, 0) is 0 Å². The zero-order valence-corrected chi connectivity index (χ0v) is 21.5. The van der Waals surface area contributed by atoms with Crippen LogP contribution >= 0.6 is 0 Å². The molecule has 1 aromatic heterocycles. The zero-order chi connectivity index (χ0) is 24.4. The lowest BCUT2D eigenvalue weighted by Gasteiger charge is -2.50. The number of fused-ring (bicyclic) bond motifs is 5. The number of para-hydroxylation sites is 1. The van der Waals surface area contributed by atoms with Crippen molar-refractivity contribution in [3.63, 3.8) is 0 Å². The lowest BCUT2D eigenvalue weighted by atomic mass is 9.69. The molecule has 0 amide bonds. The predicted octanol–water partition coefficient (Wildman–Crippen LogP) is 7.61. The molecule has 3 aromatic rings. The molecule has 176 valence electrons. The number of hydrogen-bond acceptors (Lipinski definition) is 4. The van der Waals surface area contributed by atoms with Gasteiger partial charge in [0, 0.05) is 29.6 Å². The topological polar surface area (TPSA) is 32.3 Å². The smallest absolute Gasteiger partial charge is 0.162 e. The van der Waals surface area contributed by atoms with Crippen molar-refractivity contribution in [2.45, 2.75) is 65.5 Å². The second-order valence-corrected chi connectivity index (χ2v) is 11.0. The molecule has 2 aliphatic rings. The highest BCUT2D eigenvalue weighted by molar-refractivity contribution is 5.85. The van der Waals surface area contributed by atoms with Crippen molar-refractivity contribution in [1.29, 1.82) is 0 Å². The van der Waals surface area contributed by atoms with Crippen LogP contribution in [0.3, 0.4) is 0 Å². The summed E-state index contributed by atoms with van der Waals surface area (Å²) in [4.78, 5) is 15.0. The molecule has 5 rings (SSSR count). The molecule has 34 heavy (non-hydrogen) atoms. The van der Waals surface area contributed by atoms with E-state index in [1.54, 1.807) is 0 Å². The first-order valence-electron chi connectivity index (χ1n) is 12.4. The van der Waals surface area contributed by atoms with Crippen molar-refractivity contribution in [3.8, 4) is 11.4 Å². The number of aromatic nitrogens is 2. The standard InChI is InChI=1S/C30H36N4/c1-9-23-22-13-10-11-16-24(22)34-25-17-31-27(32-28(25)33(8)29(34)30(23,6)7)26-20(18(2)3)14-12-15-21(26)19(4)5/h9-19,23,29H,1H2,2-8H3. The third kappa shape index (κ3) is 3.11. The summed E-state index contributed by atoms with van der Waals surface area (Å²) in [6.45, 7) is 17.9. The Labute approximate surface area is 204 Å². The van der Waals surface area contributed by atoms with E-state index in [4.69, 9.17) is 9.97 Å². The van der Waals surface area contributed by atoms with Crippen LogP contribution in [0.5, 0.6) is 0 Å². The van der Waals surface area contributed by atoms with E-state index in [2.05, 4.69) is 114 Å². The Morgan fingerprint density at radius 2 is 1.59 bits per heavy atom. The molecule has 0 N–H and O–H groups in total. The number of anilines is 3. The fraction of sp³-hybridized carbons (Fsp3) is 0.400. The number of benzene rings is 2. The van der Waals surface area contributed by atoms with Gasteiger partial charge in [-0.3, -0.25) is 0 Å². The monoisotopic (exact) mass is 452 g/mol. The normalized spacial score (nSPS) is 20.4. The van der Waals surface area contributed by atoms with Crippen LogP contribution in [0, 0.1) is 5.41 Å². The lowest BCUT2D eigenvalue weighted by molar-refractivity contribution is 0.244. The first-order chi connectivity index (χ1) is 16.2. The summed E-state index contributed by atoms with van der Waals surface area (Å²) in [5, 5.41) is 0. The molecule has 0 bridgehead atoms. The molecular weight excluding hydrogens is 416 g/mol. The Bertz CT molecular complexity index is 1230. The second-order valence-electron chi connectivity index (χ2n) is 11.0. The minimum absolute atomic E-state index is 0.0648. The Hall–Kier alpha value is -3.14. The zero-order valence-electron chi connectivity index (χ0n) is 21.5. The summed E-state index contributed by atoms with van der Waals surface area (Å²) >= 11 is 0. The number of hydrogen-bond donors (Lipinski definition) is 0. The minimum atomic E-state index is -0.0648. The molecular formula is C30H36N4. The summed E-state index contributed by atoms with van der Waals surface area (Å²) in [5.41, 5.74) is 7.36. The van der Waals surface area contributed by atoms with Gasteiger partial charge in [-0.2, -0.15) is 0 Å². The van der Waals surface area contributed by atoms with Gasteiger partial charge in [-0.15, -0.1) is 6.58 Å². The lowest BCUT2D eigenvalue weighted by Crippen LogP contribution is -2.54. The third-order valence-corrected chi connectivity index (χ3v) is 7.79.